The zero-order valence-electron chi connectivity index (χ0n) is 27.0. The SMILES string of the molecule is c1ccc(-c2cc(-c3ccccc3)nc(-n3c4ccc(-c5ccc6c7ccccc7n(-c7ccccc7)c6c5)cc4c4ncccc43)n2)cc1. The van der Waals surface area contributed by atoms with Gasteiger partial charge < -0.3 is 4.57 Å². The minimum Gasteiger partial charge on any atom is -0.309 e. The minimum atomic E-state index is 0.611. The summed E-state index contributed by atoms with van der Waals surface area (Å²) in [7, 11) is 0. The second-order valence-electron chi connectivity index (χ2n) is 12.5. The van der Waals surface area contributed by atoms with Crippen molar-refractivity contribution in [2.75, 3.05) is 0 Å². The van der Waals surface area contributed by atoms with Crippen LogP contribution in [0.5, 0.6) is 0 Å². The molecule has 6 aromatic carbocycles. The summed E-state index contributed by atoms with van der Waals surface area (Å²) >= 11 is 0. The number of hydrogen-bond acceptors (Lipinski definition) is 3. The molecule has 5 nitrogen and oxygen atoms in total. The fourth-order valence-electron chi connectivity index (χ4n) is 7.28. The fourth-order valence-corrected chi connectivity index (χ4v) is 7.28. The van der Waals surface area contributed by atoms with Gasteiger partial charge in [-0.3, -0.25) is 9.55 Å². The molecule has 0 amide bonds. The molecular weight excluding hydrogens is 611 g/mol. The van der Waals surface area contributed by atoms with Gasteiger partial charge in [-0.1, -0.05) is 115 Å². The maximum atomic E-state index is 5.17. The number of rotatable bonds is 5. The molecule has 4 heterocycles. The topological polar surface area (TPSA) is 48.5 Å². The average Bonchev–Trinajstić information content (AvgIpc) is 3.71. The molecule has 0 aliphatic rings. The van der Waals surface area contributed by atoms with Crippen LogP contribution < -0.4 is 0 Å². The standard InChI is InChI=1S/C45H29N5/c1-4-13-30(14-5-1)38-29-39(31-15-6-2-7-16-31)48-45(47-38)50-41-25-23-32(27-37(41)44-42(50)21-12-26-46-44)33-22-24-36-35-19-10-11-20-40(35)49(43(36)28-33)34-17-8-3-9-18-34/h1-29H. The van der Waals surface area contributed by atoms with Crippen molar-refractivity contribution in [1.82, 2.24) is 24.1 Å². The number of pyridine rings is 1. The van der Waals surface area contributed by atoms with Crippen molar-refractivity contribution in [2.24, 2.45) is 0 Å². The minimum absolute atomic E-state index is 0.611. The van der Waals surface area contributed by atoms with E-state index in [-0.39, 0.29) is 0 Å². The molecule has 0 atom stereocenters. The lowest BCUT2D eigenvalue weighted by Gasteiger charge is -2.12. The zero-order chi connectivity index (χ0) is 33.0. The molecule has 234 valence electrons. The lowest BCUT2D eigenvalue weighted by molar-refractivity contribution is 0.994. The summed E-state index contributed by atoms with van der Waals surface area (Å²) in [4.78, 5) is 15.2. The van der Waals surface area contributed by atoms with Crippen LogP contribution in [0.25, 0.3) is 89.0 Å². The molecule has 0 bridgehead atoms. The molecule has 0 N–H and O–H groups in total. The monoisotopic (exact) mass is 639 g/mol. The first-order chi connectivity index (χ1) is 24.8. The second kappa shape index (κ2) is 11.4. The highest BCUT2D eigenvalue weighted by molar-refractivity contribution is 6.11. The van der Waals surface area contributed by atoms with Gasteiger partial charge in [0.15, 0.2) is 0 Å². The molecule has 0 aliphatic carbocycles. The Labute approximate surface area is 288 Å². The van der Waals surface area contributed by atoms with E-state index in [1.165, 1.54) is 21.8 Å². The van der Waals surface area contributed by atoms with Crippen LogP contribution in [0.15, 0.2) is 176 Å². The van der Waals surface area contributed by atoms with Crippen molar-refractivity contribution < 1.29 is 0 Å². The predicted molar refractivity (Wildman–Crippen MR) is 205 cm³/mol. The van der Waals surface area contributed by atoms with Crippen LogP contribution >= 0.6 is 0 Å². The Morgan fingerprint density at radius 2 is 0.940 bits per heavy atom. The van der Waals surface area contributed by atoms with Crippen molar-refractivity contribution in [3.05, 3.63) is 176 Å². The highest BCUT2D eigenvalue weighted by Gasteiger charge is 2.19. The Morgan fingerprint density at radius 3 is 1.68 bits per heavy atom. The van der Waals surface area contributed by atoms with Crippen LogP contribution in [0.3, 0.4) is 0 Å². The van der Waals surface area contributed by atoms with E-state index in [1.807, 2.05) is 48.7 Å². The molecular formula is C45H29N5. The van der Waals surface area contributed by atoms with Gasteiger partial charge in [-0.25, -0.2) is 9.97 Å². The van der Waals surface area contributed by atoms with E-state index >= 15 is 0 Å². The van der Waals surface area contributed by atoms with E-state index < -0.39 is 0 Å². The van der Waals surface area contributed by atoms with Crippen LogP contribution in [0.4, 0.5) is 0 Å². The van der Waals surface area contributed by atoms with Crippen molar-refractivity contribution in [3.8, 4) is 45.3 Å². The van der Waals surface area contributed by atoms with Crippen LogP contribution in [0.2, 0.25) is 0 Å². The third-order valence-corrected chi connectivity index (χ3v) is 9.59. The molecule has 0 spiro atoms. The van der Waals surface area contributed by atoms with Crippen molar-refractivity contribution in [2.45, 2.75) is 0 Å². The van der Waals surface area contributed by atoms with E-state index in [0.717, 1.165) is 61.3 Å². The molecule has 0 unspecified atom stereocenters. The Balaban J connectivity index is 1.18. The molecule has 10 rings (SSSR count). The van der Waals surface area contributed by atoms with E-state index in [2.05, 4.69) is 137 Å². The summed E-state index contributed by atoms with van der Waals surface area (Å²) in [6.07, 6.45) is 1.86. The van der Waals surface area contributed by atoms with Crippen molar-refractivity contribution >= 4 is 43.7 Å². The third-order valence-electron chi connectivity index (χ3n) is 9.59. The largest absolute Gasteiger partial charge is 0.309 e. The zero-order valence-corrected chi connectivity index (χ0v) is 27.0. The van der Waals surface area contributed by atoms with Crippen LogP contribution in [0.1, 0.15) is 0 Å². The van der Waals surface area contributed by atoms with Crippen molar-refractivity contribution in [3.63, 3.8) is 0 Å². The molecule has 0 saturated carbocycles. The summed E-state index contributed by atoms with van der Waals surface area (Å²) in [6, 6.07) is 59.4. The fraction of sp³-hybridized carbons (Fsp3) is 0. The maximum absolute atomic E-state index is 5.17. The molecule has 0 saturated heterocycles. The van der Waals surface area contributed by atoms with Gasteiger partial charge in [0, 0.05) is 39.2 Å². The van der Waals surface area contributed by atoms with Gasteiger partial charge in [-0.05, 0) is 65.7 Å². The molecule has 10 aromatic rings. The summed E-state index contributed by atoms with van der Waals surface area (Å²) < 4.78 is 4.51. The average molecular weight is 640 g/mol. The predicted octanol–water partition coefficient (Wildman–Crippen LogP) is 11.1. The van der Waals surface area contributed by atoms with Gasteiger partial charge in [0.25, 0.3) is 0 Å². The van der Waals surface area contributed by atoms with Gasteiger partial charge >= 0.3 is 0 Å². The molecule has 0 fully saturated rings. The van der Waals surface area contributed by atoms with Crippen LogP contribution in [0, 0.1) is 0 Å². The first-order valence-corrected chi connectivity index (χ1v) is 16.8. The number of nitrogens with zero attached hydrogens (tertiary/aromatic N) is 5. The van der Waals surface area contributed by atoms with E-state index in [9.17, 15) is 0 Å². The molecule has 4 aromatic heterocycles. The maximum Gasteiger partial charge on any atom is 0.235 e. The van der Waals surface area contributed by atoms with Gasteiger partial charge in [-0.2, -0.15) is 0 Å². The van der Waals surface area contributed by atoms with E-state index in [4.69, 9.17) is 15.0 Å². The summed E-state index contributed by atoms with van der Waals surface area (Å²) in [5.41, 5.74) is 12.5. The molecule has 50 heavy (non-hydrogen) atoms. The number of para-hydroxylation sites is 2. The normalized spacial score (nSPS) is 11.6. The van der Waals surface area contributed by atoms with Gasteiger partial charge in [0.2, 0.25) is 5.95 Å². The Morgan fingerprint density at radius 1 is 0.360 bits per heavy atom. The van der Waals surface area contributed by atoms with Gasteiger partial charge in [0.1, 0.15) is 0 Å². The molecule has 5 heteroatoms. The first kappa shape index (κ1) is 28.2. The van der Waals surface area contributed by atoms with Gasteiger partial charge in [-0.15, -0.1) is 0 Å². The summed E-state index contributed by atoms with van der Waals surface area (Å²) in [6.45, 7) is 0. The number of benzene rings is 6. The first-order valence-electron chi connectivity index (χ1n) is 16.8. The van der Waals surface area contributed by atoms with Crippen LogP contribution in [-0.2, 0) is 0 Å². The van der Waals surface area contributed by atoms with E-state index in [1.54, 1.807) is 0 Å². The van der Waals surface area contributed by atoms with Gasteiger partial charge in [0.05, 0.1) is 39.0 Å². The number of hydrogen-bond donors (Lipinski definition) is 0. The molecule has 0 radical (unpaired) electrons. The molecule has 0 aliphatic heterocycles. The number of aromatic nitrogens is 5. The third kappa shape index (κ3) is 4.52. The highest BCUT2D eigenvalue weighted by atomic mass is 15.2. The quantitative estimate of drug-likeness (QED) is 0.188. The Hall–Kier alpha value is -6.85. The lowest BCUT2D eigenvalue weighted by Crippen LogP contribution is -2.04. The Kier molecular flexibility index (Phi) is 6.42. The Bertz CT molecular complexity index is 2800. The summed E-state index contributed by atoms with van der Waals surface area (Å²) in [5, 5.41) is 3.53. The lowest BCUT2D eigenvalue weighted by atomic mass is 10.0. The number of fused-ring (bicyclic) bond motifs is 6. The smallest absolute Gasteiger partial charge is 0.235 e. The second-order valence-corrected chi connectivity index (χ2v) is 12.5. The van der Waals surface area contributed by atoms with E-state index in [0.29, 0.717) is 5.95 Å². The summed E-state index contributed by atoms with van der Waals surface area (Å²) in [5.74, 6) is 0.611. The highest BCUT2D eigenvalue weighted by Crippen LogP contribution is 2.38. The van der Waals surface area contributed by atoms with Crippen molar-refractivity contribution in [1.29, 1.82) is 0 Å². The van der Waals surface area contributed by atoms with Crippen LogP contribution in [-0.4, -0.2) is 24.1 Å².